The van der Waals surface area contributed by atoms with E-state index in [4.69, 9.17) is 5.11 Å². The van der Waals surface area contributed by atoms with Crippen LogP contribution >= 0.6 is 0 Å². The number of benzene rings is 1. The molecule has 0 saturated heterocycles. The minimum atomic E-state index is -0.991. The zero-order valence-electron chi connectivity index (χ0n) is 8.79. The van der Waals surface area contributed by atoms with Crippen LogP contribution in [0.3, 0.4) is 0 Å². The Kier molecular flexibility index (Phi) is 3.15. The predicted octanol–water partition coefficient (Wildman–Crippen LogP) is 1.67. The third kappa shape index (κ3) is 2.49. The number of fused-ring (bicyclic) bond motifs is 1. The number of hydrogen-bond acceptors (Lipinski definition) is 3. The van der Waals surface area contributed by atoms with Gasteiger partial charge in [-0.05, 0) is 24.3 Å². The maximum absolute atomic E-state index is 10.6. The van der Waals surface area contributed by atoms with Gasteiger partial charge in [0.05, 0.1) is 5.56 Å². The van der Waals surface area contributed by atoms with Gasteiger partial charge in [0.25, 0.3) is 0 Å². The van der Waals surface area contributed by atoms with E-state index >= 15 is 0 Å². The first kappa shape index (κ1) is 10.9. The largest absolute Gasteiger partial charge is 0.478 e. The van der Waals surface area contributed by atoms with Crippen LogP contribution in [0.15, 0.2) is 42.7 Å². The van der Waals surface area contributed by atoms with Crippen LogP contribution in [-0.4, -0.2) is 31.5 Å². The van der Waals surface area contributed by atoms with E-state index in [-0.39, 0.29) is 5.56 Å². The summed E-state index contributed by atoms with van der Waals surface area (Å²) in [6.07, 6.45) is 3.75. The molecule has 0 radical (unpaired) electrons. The molecular weight excluding hydrogens is 220 g/mol. The number of aromatic amines is 2. The van der Waals surface area contributed by atoms with E-state index in [1.54, 1.807) is 12.1 Å². The molecule has 86 valence electrons. The molecule has 0 fully saturated rings. The van der Waals surface area contributed by atoms with Crippen LogP contribution < -0.4 is 0 Å². The van der Waals surface area contributed by atoms with Gasteiger partial charge in [-0.3, -0.25) is 0 Å². The van der Waals surface area contributed by atoms with Gasteiger partial charge < -0.3 is 10.1 Å². The van der Waals surface area contributed by atoms with Gasteiger partial charge in [-0.25, -0.2) is 4.79 Å². The third-order valence-electron chi connectivity index (χ3n) is 2.07. The van der Waals surface area contributed by atoms with E-state index in [2.05, 4.69) is 20.4 Å². The molecule has 0 amide bonds. The Morgan fingerprint density at radius 2 is 1.88 bits per heavy atom. The Hall–Kier alpha value is -2.63. The molecule has 3 N–H and O–H groups in total. The van der Waals surface area contributed by atoms with E-state index in [0.29, 0.717) is 11.0 Å². The number of carboxylic acid groups (broad SMARTS) is 1. The summed E-state index contributed by atoms with van der Waals surface area (Å²) in [5.41, 5.74) is 1.13. The van der Waals surface area contributed by atoms with Crippen molar-refractivity contribution in [1.82, 2.24) is 20.4 Å². The normalized spacial score (nSPS) is 9.65. The highest BCUT2D eigenvalue weighted by Crippen LogP contribution is 2.12. The first-order valence-electron chi connectivity index (χ1n) is 4.89. The smallest absolute Gasteiger partial charge is 0.338 e. The van der Waals surface area contributed by atoms with Crippen molar-refractivity contribution in [3.05, 3.63) is 48.3 Å². The predicted molar refractivity (Wildman–Crippen MR) is 61.6 cm³/mol. The Morgan fingerprint density at radius 3 is 2.47 bits per heavy atom. The molecule has 6 heteroatoms. The van der Waals surface area contributed by atoms with Crippen molar-refractivity contribution in [2.75, 3.05) is 0 Å². The molecule has 3 rings (SSSR count). The van der Waals surface area contributed by atoms with Crippen LogP contribution in [-0.2, 0) is 0 Å². The van der Waals surface area contributed by atoms with Crippen LogP contribution in [0.5, 0.6) is 0 Å². The maximum Gasteiger partial charge on any atom is 0.338 e. The Morgan fingerprint density at radius 1 is 1.12 bits per heavy atom. The van der Waals surface area contributed by atoms with Crippen molar-refractivity contribution < 1.29 is 9.90 Å². The minimum Gasteiger partial charge on any atom is -0.478 e. The van der Waals surface area contributed by atoms with Crippen molar-refractivity contribution in [3.8, 4) is 0 Å². The number of para-hydroxylation sites is 1. The highest BCUT2D eigenvalue weighted by atomic mass is 16.4. The topological polar surface area (TPSA) is 94.7 Å². The monoisotopic (exact) mass is 230 g/mol. The van der Waals surface area contributed by atoms with Crippen molar-refractivity contribution in [1.29, 1.82) is 0 Å². The highest BCUT2D eigenvalue weighted by molar-refractivity contribution is 6.00. The molecule has 0 unspecified atom stereocenters. The van der Waals surface area contributed by atoms with Gasteiger partial charge in [0.1, 0.15) is 11.0 Å². The van der Waals surface area contributed by atoms with Gasteiger partial charge in [0.15, 0.2) is 0 Å². The number of H-pyrrole nitrogens is 2. The Bertz CT molecular complexity index is 584. The number of aromatic carboxylic acids is 1. The van der Waals surface area contributed by atoms with Gasteiger partial charge >= 0.3 is 5.97 Å². The van der Waals surface area contributed by atoms with Crippen LogP contribution in [0.4, 0.5) is 0 Å². The second kappa shape index (κ2) is 4.93. The second-order valence-electron chi connectivity index (χ2n) is 3.19. The molecule has 6 nitrogen and oxygen atoms in total. The van der Waals surface area contributed by atoms with Crippen LogP contribution in [0.25, 0.3) is 11.0 Å². The van der Waals surface area contributed by atoms with Crippen molar-refractivity contribution >= 4 is 17.0 Å². The molecule has 0 bridgehead atoms. The van der Waals surface area contributed by atoms with Crippen molar-refractivity contribution in [2.45, 2.75) is 0 Å². The molecule has 2 aromatic heterocycles. The fourth-order valence-electron chi connectivity index (χ4n) is 1.32. The lowest BCUT2D eigenvalue weighted by molar-refractivity contribution is 0.0699. The fourth-order valence-corrected chi connectivity index (χ4v) is 1.32. The standard InChI is InChI=1S/C7H5N3O2.C4H5N/c11-7(12)4-2-1-3-5-6(4)9-10-8-5;1-2-4-5-3-1/h1-3H,(H,11,12)(H,8,9,10);1-5H. The van der Waals surface area contributed by atoms with Crippen molar-refractivity contribution in [3.63, 3.8) is 0 Å². The summed E-state index contributed by atoms with van der Waals surface area (Å²) in [5.74, 6) is -0.991. The fraction of sp³-hybridized carbons (Fsp3) is 0. The first-order chi connectivity index (χ1) is 8.29. The maximum atomic E-state index is 10.6. The molecule has 0 atom stereocenters. The number of aromatic nitrogens is 4. The average Bonchev–Trinajstić information content (AvgIpc) is 3.02. The van der Waals surface area contributed by atoms with Gasteiger partial charge in [-0.1, -0.05) is 6.07 Å². The summed E-state index contributed by atoms with van der Waals surface area (Å²) >= 11 is 0. The summed E-state index contributed by atoms with van der Waals surface area (Å²) in [6.45, 7) is 0. The van der Waals surface area contributed by atoms with E-state index in [1.807, 2.05) is 24.5 Å². The lowest BCUT2D eigenvalue weighted by atomic mass is 10.2. The lowest BCUT2D eigenvalue weighted by Crippen LogP contribution is -1.96. The van der Waals surface area contributed by atoms with E-state index in [9.17, 15) is 4.79 Å². The van der Waals surface area contributed by atoms with Gasteiger partial charge in [0, 0.05) is 12.4 Å². The molecule has 0 saturated carbocycles. The van der Waals surface area contributed by atoms with Gasteiger partial charge in [0.2, 0.25) is 0 Å². The second-order valence-corrected chi connectivity index (χ2v) is 3.19. The zero-order valence-corrected chi connectivity index (χ0v) is 8.79. The quantitative estimate of drug-likeness (QED) is 0.592. The van der Waals surface area contributed by atoms with Crippen LogP contribution in [0.2, 0.25) is 0 Å². The summed E-state index contributed by atoms with van der Waals surface area (Å²) < 4.78 is 0. The minimum absolute atomic E-state index is 0.168. The third-order valence-corrected chi connectivity index (χ3v) is 2.07. The molecule has 0 aliphatic heterocycles. The van der Waals surface area contributed by atoms with Gasteiger partial charge in [-0.15, -0.1) is 0 Å². The van der Waals surface area contributed by atoms with Crippen LogP contribution in [0.1, 0.15) is 10.4 Å². The number of carbonyl (C=O) groups is 1. The molecule has 0 aliphatic carbocycles. The Labute approximate surface area is 96.3 Å². The summed E-state index contributed by atoms with van der Waals surface area (Å²) in [7, 11) is 0. The zero-order chi connectivity index (χ0) is 12.1. The highest BCUT2D eigenvalue weighted by Gasteiger charge is 2.09. The number of hydrogen-bond donors (Lipinski definition) is 3. The average molecular weight is 230 g/mol. The molecule has 17 heavy (non-hydrogen) atoms. The molecule has 0 aliphatic rings. The SMILES string of the molecule is O=C(O)c1cccc2n[nH]nc12.c1cc[nH]c1. The number of rotatable bonds is 1. The number of carboxylic acids is 1. The lowest BCUT2D eigenvalue weighted by Gasteiger charge is -1.91. The molecular formula is C11H10N4O2. The number of nitrogens with one attached hydrogen (secondary N) is 2. The Balaban J connectivity index is 0.000000181. The first-order valence-corrected chi connectivity index (χ1v) is 4.89. The molecule has 0 spiro atoms. The van der Waals surface area contributed by atoms with E-state index in [1.165, 1.54) is 6.07 Å². The molecule has 1 aromatic carbocycles. The van der Waals surface area contributed by atoms with Gasteiger partial charge in [-0.2, -0.15) is 15.4 Å². The summed E-state index contributed by atoms with van der Waals surface area (Å²) in [5, 5.41) is 18.6. The van der Waals surface area contributed by atoms with Crippen molar-refractivity contribution in [2.24, 2.45) is 0 Å². The summed E-state index contributed by atoms with van der Waals surface area (Å²) in [4.78, 5) is 13.5. The number of nitrogens with zero attached hydrogens (tertiary/aromatic N) is 2. The van der Waals surface area contributed by atoms with E-state index < -0.39 is 5.97 Å². The summed E-state index contributed by atoms with van der Waals surface area (Å²) in [6, 6.07) is 8.72. The molecule has 3 aromatic rings. The van der Waals surface area contributed by atoms with Crippen LogP contribution in [0, 0.1) is 0 Å². The van der Waals surface area contributed by atoms with E-state index in [0.717, 1.165) is 0 Å². The molecule has 2 heterocycles.